The van der Waals surface area contributed by atoms with Crippen molar-refractivity contribution in [3.05, 3.63) is 83.5 Å². The molecule has 1 aromatic carbocycles. The van der Waals surface area contributed by atoms with E-state index in [1.165, 1.54) is 0 Å². The second-order valence-electron chi connectivity index (χ2n) is 5.88. The van der Waals surface area contributed by atoms with Gasteiger partial charge in [0.25, 0.3) is 0 Å². The van der Waals surface area contributed by atoms with Crippen LogP contribution in [0.3, 0.4) is 0 Å². The summed E-state index contributed by atoms with van der Waals surface area (Å²) in [4.78, 5) is 17.2. The molecular formula is C20H16ClN3O2. The molecule has 26 heavy (non-hydrogen) atoms. The van der Waals surface area contributed by atoms with Gasteiger partial charge in [0.15, 0.2) is 0 Å². The van der Waals surface area contributed by atoms with Crippen LogP contribution in [0, 0.1) is 0 Å². The summed E-state index contributed by atoms with van der Waals surface area (Å²) in [6.45, 7) is 0.360. The zero-order valence-corrected chi connectivity index (χ0v) is 14.6. The number of fused-ring (bicyclic) bond motifs is 1. The molecule has 0 unspecified atom stereocenters. The SMILES string of the molecule is O=C(Cc1c(-c2ccc(Cl)cc2)nc2ccccn12)NCc1ccco1. The zero-order chi connectivity index (χ0) is 17.9. The van der Waals surface area contributed by atoms with E-state index in [9.17, 15) is 4.79 Å². The number of carbonyl (C=O) groups is 1. The molecule has 0 aliphatic carbocycles. The number of aromatic nitrogens is 2. The van der Waals surface area contributed by atoms with Gasteiger partial charge in [0.2, 0.25) is 5.91 Å². The second kappa shape index (κ2) is 7.06. The summed E-state index contributed by atoms with van der Waals surface area (Å²) in [7, 11) is 0. The number of hydrogen-bond donors (Lipinski definition) is 1. The molecule has 3 heterocycles. The van der Waals surface area contributed by atoms with Crippen LogP contribution in [0.15, 0.2) is 71.5 Å². The first-order valence-corrected chi connectivity index (χ1v) is 8.59. The summed E-state index contributed by atoms with van der Waals surface area (Å²) in [6, 6.07) is 16.9. The first-order chi connectivity index (χ1) is 12.7. The molecule has 0 spiro atoms. The lowest BCUT2D eigenvalue weighted by atomic mass is 10.1. The summed E-state index contributed by atoms with van der Waals surface area (Å²) in [5.41, 5.74) is 3.33. The highest BCUT2D eigenvalue weighted by atomic mass is 35.5. The number of halogens is 1. The van der Waals surface area contributed by atoms with Crippen molar-refractivity contribution >= 4 is 23.2 Å². The number of amides is 1. The van der Waals surface area contributed by atoms with E-state index in [0.29, 0.717) is 11.6 Å². The molecule has 3 aromatic heterocycles. The Labute approximate surface area is 155 Å². The normalized spacial score (nSPS) is 11.0. The number of nitrogens with one attached hydrogen (secondary N) is 1. The standard InChI is InChI=1S/C20H16ClN3O2/c21-15-8-6-14(7-9-15)20-17(24-10-2-1-5-18(24)23-20)12-19(25)22-13-16-4-3-11-26-16/h1-11H,12-13H2,(H,22,25). The summed E-state index contributed by atoms with van der Waals surface area (Å²) in [5, 5.41) is 3.54. The van der Waals surface area contributed by atoms with Crippen molar-refractivity contribution in [2.24, 2.45) is 0 Å². The van der Waals surface area contributed by atoms with Gasteiger partial charge >= 0.3 is 0 Å². The minimum absolute atomic E-state index is 0.0951. The molecule has 4 aromatic rings. The highest BCUT2D eigenvalue weighted by molar-refractivity contribution is 6.30. The molecule has 6 heteroatoms. The first kappa shape index (κ1) is 16.4. The van der Waals surface area contributed by atoms with Gasteiger partial charge in [-0.2, -0.15) is 0 Å². The Morgan fingerprint density at radius 1 is 1.12 bits per heavy atom. The zero-order valence-electron chi connectivity index (χ0n) is 13.9. The Kier molecular flexibility index (Phi) is 4.46. The predicted octanol–water partition coefficient (Wildman–Crippen LogP) is 4.11. The van der Waals surface area contributed by atoms with E-state index in [4.69, 9.17) is 21.0 Å². The van der Waals surface area contributed by atoms with Crippen molar-refractivity contribution in [3.8, 4) is 11.3 Å². The lowest BCUT2D eigenvalue weighted by Crippen LogP contribution is -2.25. The molecule has 1 amide bonds. The van der Waals surface area contributed by atoms with Gasteiger partial charge in [0.1, 0.15) is 11.4 Å². The predicted molar refractivity (Wildman–Crippen MR) is 99.9 cm³/mol. The molecular weight excluding hydrogens is 350 g/mol. The molecule has 0 bridgehead atoms. The number of hydrogen-bond acceptors (Lipinski definition) is 3. The van der Waals surface area contributed by atoms with Gasteiger partial charge < -0.3 is 14.1 Å². The smallest absolute Gasteiger partial charge is 0.226 e. The molecule has 4 rings (SSSR count). The van der Waals surface area contributed by atoms with Crippen LogP contribution in [0.4, 0.5) is 0 Å². The number of pyridine rings is 1. The van der Waals surface area contributed by atoms with Crippen LogP contribution >= 0.6 is 11.6 Å². The number of rotatable bonds is 5. The minimum Gasteiger partial charge on any atom is -0.467 e. The van der Waals surface area contributed by atoms with Crippen molar-refractivity contribution < 1.29 is 9.21 Å². The Hall–Kier alpha value is -3.05. The number of nitrogens with zero attached hydrogens (tertiary/aromatic N) is 2. The van der Waals surface area contributed by atoms with Crippen LogP contribution in [-0.4, -0.2) is 15.3 Å². The Bertz CT molecular complexity index is 1040. The first-order valence-electron chi connectivity index (χ1n) is 8.22. The fourth-order valence-electron chi connectivity index (χ4n) is 2.87. The maximum Gasteiger partial charge on any atom is 0.226 e. The molecule has 0 aliphatic rings. The van der Waals surface area contributed by atoms with Crippen LogP contribution in [0.25, 0.3) is 16.9 Å². The number of carbonyl (C=O) groups excluding carboxylic acids is 1. The number of imidazole rings is 1. The van der Waals surface area contributed by atoms with Gasteiger partial charge in [-0.25, -0.2) is 4.98 Å². The molecule has 130 valence electrons. The van der Waals surface area contributed by atoms with Crippen LogP contribution < -0.4 is 5.32 Å². The highest BCUT2D eigenvalue weighted by Gasteiger charge is 2.17. The van der Waals surface area contributed by atoms with Gasteiger partial charge in [-0.15, -0.1) is 0 Å². The molecule has 0 saturated heterocycles. The van der Waals surface area contributed by atoms with E-state index >= 15 is 0 Å². The van der Waals surface area contributed by atoms with Crippen LogP contribution in [0.1, 0.15) is 11.5 Å². The minimum atomic E-state index is -0.0951. The molecule has 0 radical (unpaired) electrons. The lowest BCUT2D eigenvalue weighted by molar-refractivity contribution is -0.120. The van der Waals surface area contributed by atoms with E-state index in [1.54, 1.807) is 12.3 Å². The Balaban J connectivity index is 1.65. The molecule has 0 aliphatic heterocycles. The van der Waals surface area contributed by atoms with Crippen molar-refractivity contribution in [1.82, 2.24) is 14.7 Å². The fourth-order valence-corrected chi connectivity index (χ4v) is 2.99. The van der Waals surface area contributed by atoms with Crippen molar-refractivity contribution in [3.63, 3.8) is 0 Å². The summed E-state index contributed by atoms with van der Waals surface area (Å²) < 4.78 is 7.19. The second-order valence-corrected chi connectivity index (χ2v) is 6.31. The summed E-state index contributed by atoms with van der Waals surface area (Å²) >= 11 is 5.99. The van der Waals surface area contributed by atoms with Gasteiger partial charge in [0.05, 0.1) is 30.6 Å². The molecule has 1 N–H and O–H groups in total. The number of furan rings is 1. The van der Waals surface area contributed by atoms with Crippen molar-refractivity contribution in [2.75, 3.05) is 0 Å². The van der Waals surface area contributed by atoms with E-state index in [1.807, 2.05) is 59.1 Å². The fraction of sp³-hybridized carbons (Fsp3) is 0.100. The van der Waals surface area contributed by atoms with E-state index < -0.39 is 0 Å². The molecule has 5 nitrogen and oxygen atoms in total. The van der Waals surface area contributed by atoms with Gasteiger partial charge in [0, 0.05) is 16.8 Å². The largest absolute Gasteiger partial charge is 0.467 e. The summed E-state index contributed by atoms with van der Waals surface area (Å²) in [5.74, 6) is 0.622. The third kappa shape index (κ3) is 3.34. The number of benzene rings is 1. The van der Waals surface area contributed by atoms with E-state index in [2.05, 4.69) is 5.32 Å². The third-order valence-electron chi connectivity index (χ3n) is 4.11. The monoisotopic (exact) mass is 365 g/mol. The van der Waals surface area contributed by atoms with Gasteiger partial charge in [-0.1, -0.05) is 29.8 Å². The third-order valence-corrected chi connectivity index (χ3v) is 4.37. The van der Waals surface area contributed by atoms with Crippen LogP contribution in [0.5, 0.6) is 0 Å². The molecule has 0 atom stereocenters. The van der Waals surface area contributed by atoms with Crippen LogP contribution in [-0.2, 0) is 17.8 Å². The average Bonchev–Trinajstić information content (AvgIpc) is 3.29. The lowest BCUT2D eigenvalue weighted by Gasteiger charge is -2.07. The topological polar surface area (TPSA) is 59.5 Å². The Morgan fingerprint density at radius 3 is 2.73 bits per heavy atom. The van der Waals surface area contributed by atoms with E-state index in [0.717, 1.165) is 28.4 Å². The highest BCUT2D eigenvalue weighted by Crippen LogP contribution is 2.26. The van der Waals surface area contributed by atoms with E-state index in [-0.39, 0.29) is 12.3 Å². The molecule has 0 saturated carbocycles. The average molecular weight is 366 g/mol. The van der Waals surface area contributed by atoms with Gasteiger partial charge in [-0.3, -0.25) is 4.79 Å². The quantitative estimate of drug-likeness (QED) is 0.579. The molecule has 0 fully saturated rings. The summed E-state index contributed by atoms with van der Waals surface area (Å²) in [6.07, 6.45) is 3.71. The van der Waals surface area contributed by atoms with Crippen molar-refractivity contribution in [1.29, 1.82) is 0 Å². The van der Waals surface area contributed by atoms with Crippen LogP contribution in [0.2, 0.25) is 5.02 Å². The Morgan fingerprint density at radius 2 is 1.96 bits per heavy atom. The maximum atomic E-state index is 12.5. The maximum absolute atomic E-state index is 12.5. The van der Waals surface area contributed by atoms with Gasteiger partial charge in [-0.05, 0) is 36.4 Å². The van der Waals surface area contributed by atoms with Crippen molar-refractivity contribution in [2.45, 2.75) is 13.0 Å².